The summed E-state index contributed by atoms with van der Waals surface area (Å²) in [5.41, 5.74) is 17.1. The van der Waals surface area contributed by atoms with Crippen molar-refractivity contribution >= 4 is 51.1 Å². The molecule has 0 aliphatic carbocycles. The number of methoxy groups -OCH3 is 1. The third-order valence-electron chi connectivity index (χ3n) is 12.3. The zero-order chi connectivity index (χ0) is 41.2. The summed E-state index contributed by atoms with van der Waals surface area (Å²) < 4.78 is 22.5. The number of amides is 2. The number of imide groups is 1. The molecule has 310 valence electrons. The lowest BCUT2D eigenvalue weighted by Gasteiger charge is -2.31. The molecule has 58 heavy (non-hydrogen) atoms. The van der Waals surface area contributed by atoms with Crippen molar-refractivity contribution in [1.29, 1.82) is 0 Å². The molecule has 5 aliphatic heterocycles. The predicted molar refractivity (Wildman–Crippen MR) is 223 cm³/mol. The fourth-order valence-electron chi connectivity index (χ4n) is 8.88. The second-order valence-electron chi connectivity index (χ2n) is 15.6. The monoisotopic (exact) mass is 795 g/mol. The van der Waals surface area contributed by atoms with Crippen molar-refractivity contribution in [3.63, 3.8) is 0 Å². The van der Waals surface area contributed by atoms with Crippen LogP contribution in [0.1, 0.15) is 126 Å². The number of nitrogens with zero attached hydrogens (tertiary/aromatic N) is 4. The van der Waals surface area contributed by atoms with Gasteiger partial charge in [0.15, 0.2) is 0 Å². The molecule has 1 unspecified atom stereocenters. The normalized spacial score (nSPS) is 19.6. The molecular formula is C44H57N7O7. The summed E-state index contributed by atoms with van der Waals surface area (Å²) in [6.07, 6.45) is 1.02. The molecule has 1 fully saturated rings. The Balaban J connectivity index is 1.48. The zero-order valence-electron chi connectivity index (χ0n) is 34.9. The van der Waals surface area contributed by atoms with Gasteiger partial charge < -0.3 is 34.6 Å². The van der Waals surface area contributed by atoms with E-state index < -0.39 is 0 Å². The lowest BCUT2D eigenvalue weighted by Crippen LogP contribution is -2.47. The number of carbonyl (C=O) groups excluding carboxylic acids is 3. The number of ether oxygens (including phenoxy) is 4. The molecule has 0 spiro atoms. The molecule has 2 aromatic heterocycles. The van der Waals surface area contributed by atoms with Gasteiger partial charge in [0.1, 0.15) is 0 Å². The Morgan fingerprint density at radius 1 is 0.948 bits per heavy atom. The van der Waals surface area contributed by atoms with Crippen LogP contribution >= 0.6 is 0 Å². The summed E-state index contributed by atoms with van der Waals surface area (Å²) in [5, 5.41) is 0. The number of fused-ring (bicyclic) bond motifs is 8. The first-order valence-corrected chi connectivity index (χ1v) is 20.6. The number of esters is 1. The maximum absolute atomic E-state index is 14.9. The minimum absolute atomic E-state index is 0.144. The number of carbonyl (C=O) groups is 3. The second-order valence-corrected chi connectivity index (χ2v) is 15.6. The van der Waals surface area contributed by atoms with Crippen LogP contribution in [0.3, 0.4) is 0 Å². The minimum atomic E-state index is -0.374. The van der Waals surface area contributed by atoms with Gasteiger partial charge in [-0.2, -0.15) is 0 Å². The lowest BCUT2D eigenvalue weighted by molar-refractivity contribution is -0.140. The summed E-state index contributed by atoms with van der Waals surface area (Å²) >= 11 is 0. The number of H-pyrrole nitrogens is 2. The summed E-state index contributed by atoms with van der Waals surface area (Å²) in [7, 11) is 1.38. The van der Waals surface area contributed by atoms with Crippen LogP contribution in [-0.2, 0) is 23.7 Å². The van der Waals surface area contributed by atoms with Crippen LogP contribution in [0.4, 0.5) is 0 Å². The fraction of sp³-hybridized carbons (Fsp3) is 0.523. The van der Waals surface area contributed by atoms with E-state index in [9.17, 15) is 14.4 Å². The van der Waals surface area contributed by atoms with Gasteiger partial charge in [-0.1, -0.05) is 13.8 Å². The highest BCUT2D eigenvalue weighted by atomic mass is 16.5. The van der Waals surface area contributed by atoms with Gasteiger partial charge in [-0.05, 0) is 81.0 Å². The maximum Gasteiger partial charge on any atom is 0.305 e. The number of allylic oxidation sites excluding steroid dienone is 3. The summed E-state index contributed by atoms with van der Waals surface area (Å²) in [5.74, 6) is -1.45. The van der Waals surface area contributed by atoms with E-state index in [0.717, 1.165) is 75.8 Å². The molecule has 14 nitrogen and oxygen atoms in total. The average molecular weight is 796 g/mol. The van der Waals surface area contributed by atoms with E-state index in [4.69, 9.17) is 34.6 Å². The van der Waals surface area contributed by atoms with Crippen molar-refractivity contribution in [2.75, 3.05) is 72.9 Å². The number of rotatable bonds is 14. The smallest absolute Gasteiger partial charge is 0.305 e. The first kappa shape index (κ1) is 41.4. The first-order chi connectivity index (χ1) is 28.0. The molecule has 2 amide bonds. The number of nitrogens with one attached hydrogen (secondary N) is 2. The molecule has 1 saturated heterocycles. The van der Waals surface area contributed by atoms with Gasteiger partial charge in [0.25, 0.3) is 11.8 Å². The summed E-state index contributed by atoms with van der Waals surface area (Å²) in [6.45, 7) is 17.5. The third-order valence-corrected chi connectivity index (χ3v) is 12.3. The molecule has 7 rings (SSSR count). The highest BCUT2D eigenvalue weighted by molar-refractivity contribution is 6.23. The van der Waals surface area contributed by atoms with Crippen molar-refractivity contribution in [1.82, 2.24) is 29.7 Å². The SMILES string of the molecule is CCC1=C(C)c2cc3nc(cc4[nH]c(c5c6[nH]c(cc1n2)c(C)c6C(=O)N(CCN1CCOCC1)C5=O)[C@@H](CCC(=O)OC)[C@@H]4C)C(C)=C3C(C)OCCOCCN. The number of aryl methyl sites for hydroxylation is 1. The van der Waals surface area contributed by atoms with Crippen molar-refractivity contribution < 1.29 is 33.3 Å². The van der Waals surface area contributed by atoms with E-state index in [1.54, 1.807) is 0 Å². The molecular weight excluding hydrogens is 739 g/mol. The van der Waals surface area contributed by atoms with Gasteiger partial charge in [0, 0.05) is 73.5 Å². The number of hydrogen-bond donors (Lipinski definition) is 3. The molecule has 0 saturated carbocycles. The number of aromatic nitrogens is 4. The topological polar surface area (TPSA) is 178 Å². The Bertz CT molecular complexity index is 2230. The average Bonchev–Trinajstić information content (AvgIpc) is 3.90. The van der Waals surface area contributed by atoms with Gasteiger partial charge >= 0.3 is 5.97 Å². The highest BCUT2D eigenvalue weighted by Gasteiger charge is 2.41. The lowest BCUT2D eigenvalue weighted by atomic mass is 9.84. The second kappa shape index (κ2) is 17.6. The van der Waals surface area contributed by atoms with E-state index in [1.165, 1.54) is 12.0 Å². The molecule has 4 N–H and O–H groups in total. The molecule has 7 heterocycles. The third kappa shape index (κ3) is 7.87. The number of nitrogens with two attached hydrogens (primary N) is 1. The van der Waals surface area contributed by atoms with Crippen LogP contribution in [0, 0.1) is 6.92 Å². The number of aromatic amines is 2. The molecule has 14 heteroatoms. The quantitative estimate of drug-likeness (QED) is 0.120. The van der Waals surface area contributed by atoms with Crippen LogP contribution < -0.4 is 5.73 Å². The van der Waals surface area contributed by atoms with Crippen LogP contribution in [0.15, 0.2) is 18.2 Å². The zero-order valence-corrected chi connectivity index (χ0v) is 34.9. The molecule has 0 radical (unpaired) electrons. The summed E-state index contributed by atoms with van der Waals surface area (Å²) in [6, 6.07) is 6.09. The standard InChI is InChI=1S/C44H57N7O7/c1-8-29-24(2)31-23-36-38(28(6)58-20-19-56-16-11-45)26(4)33(47-36)21-32-25(3)30(9-10-37(52)55-7)41(48-32)40-42-39(27(5)34(49-42)22-35(29)46-31)43(53)51(44(40)54)13-12-50-14-17-57-18-15-50/h21-23,25,28,30,48-49H,8-20,45H2,1-7H3/t25-,28?,30-/m0/s1. The Kier molecular flexibility index (Phi) is 12.6. The van der Waals surface area contributed by atoms with Crippen LogP contribution in [0.2, 0.25) is 0 Å². The molecule has 2 aromatic rings. The van der Waals surface area contributed by atoms with E-state index in [0.29, 0.717) is 80.4 Å². The van der Waals surface area contributed by atoms with Gasteiger partial charge in [-0.25, -0.2) is 9.97 Å². The van der Waals surface area contributed by atoms with Crippen LogP contribution in [-0.4, -0.2) is 126 Å². The van der Waals surface area contributed by atoms with E-state index in [-0.39, 0.29) is 48.7 Å². The van der Waals surface area contributed by atoms with Crippen molar-refractivity contribution in [3.8, 4) is 0 Å². The fourth-order valence-corrected chi connectivity index (χ4v) is 8.88. The van der Waals surface area contributed by atoms with Gasteiger partial charge in [0.05, 0.1) is 85.7 Å². The van der Waals surface area contributed by atoms with Gasteiger partial charge in [-0.3, -0.25) is 24.2 Å². The largest absolute Gasteiger partial charge is 0.469 e. The number of morpholine rings is 1. The summed E-state index contributed by atoms with van der Waals surface area (Å²) in [4.78, 5) is 63.3. The van der Waals surface area contributed by atoms with Crippen LogP contribution in [0.5, 0.6) is 0 Å². The Hall–Kier alpha value is -4.73. The van der Waals surface area contributed by atoms with Gasteiger partial charge in [0.2, 0.25) is 0 Å². The van der Waals surface area contributed by atoms with E-state index in [1.807, 2.05) is 32.0 Å². The predicted octanol–water partition coefficient (Wildman–Crippen LogP) is 5.77. The Morgan fingerprint density at radius 2 is 1.67 bits per heavy atom. The first-order valence-electron chi connectivity index (χ1n) is 20.6. The number of hydrogen-bond acceptors (Lipinski definition) is 11. The van der Waals surface area contributed by atoms with E-state index in [2.05, 4.69) is 42.6 Å². The van der Waals surface area contributed by atoms with Crippen molar-refractivity contribution in [3.05, 3.63) is 69.1 Å². The molecule has 0 aromatic carbocycles. The van der Waals surface area contributed by atoms with E-state index >= 15 is 0 Å². The highest BCUT2D eigenvalue weighted by Crippen LogP contribution is 2.45. The minimum Gasteiger partial charge on any atom is -0.469 e. The van der Waals surface area contributed by atoms with Crippen LogP contribution in [0.25, 0.3) is 33.3 Å². The van der Waals surface area contributed by atoms with Crippen molar-refractivity contribution in [2.24, 2.45) is 5.73 Å². The molecule has 5 aliphatic rings. The van der Waals surface area contributed by atoms with Crippen molar-refractivity contribution in [2.45, 2.75) is 78.7 Å². The molecule has 8 bridgehead atoms. The molecule has 3 atom stereocenters. The van der Waals surface area contributed by atoms with Gasteiger partial charge in [-0.15, -0.1) is 0 Å². The maximum atomic E-state index is 14.9. The Morgan fingerprint density at radius 3 is 2.40 bits per heavy atom. The Labute approximate surface area is 339 Å².